The number of benzene rings is 2. The highest BCUT2D eigenvalue weighted by atomic mass is 79.9. The number of carbonyl (C=O) groups is 1. The number of halogens is 1. The van der Waals surface area contributed by atoms with Gasteiger partial charge in [0, 0.05) is 10.9 Å². The minimum atomic E-state index is -0.713. The van der Waals surface area contributed by atoms with Crippen LogP contribution < -0.4 is 0 Å². The first kappa shape index (κ1) is 13.1. The summed E-state index contributed by atoms with van der Waals surface area (Å²) in [4.78, 5) is 10.4. The number of rotatable bonds is 5. The third-order valence-corrected chi connectivity index (χ3v) is 3.63. The molecule has 2 aromatic rings. The second kappa shape index (κ2) is 6.01. The minimum Gasteiger partial charge on any atom is -0.481 e. The largest absolute Gasteiger partial charge is 0.481 e. The zero-order valence-corrected chi connectivity index (χ0v) is 11.6. The summed E-state index contributed by atoms with van der Waals surface area (Å²) in [6, 6.07) is 12.6. The number of aryl methyl sites for hydroxylation is 1. The molecule has 0 saturated heterocycles. The van der Waals surface area contributed by atoms with Gasteiger partial charge in [-0.2, -0.15) is 0 Å². The Balaban J connectivity index is 2.07. The van der Waals surface area contributed by atoms with E-state index in [9.17, 15) is 4.79 Å². The number of hydrogen-bond acceptors (Lipinski definition) is 1. The van der Waals surface area contributed by atoms with E-state index in [4.69, 9.17) is 5.11 Å². The van der Waals surface area contributed by atoms with Crippen LogP contribution in [0.1, 0.15) is 24.8 Å². The second-order valence-corrected chi connectivity index (χ2v) is 5.25. The SMILES string of the molecule is O=C(O)CCCCc1cc(Br)c2ccccc2c1. The van der Waals surface area contributed by atoms with E-state index in [-0.39, 0.29) is 6.42 Å². The quantitative estimate of drug-likeness (QED) is 0.831. The van der Waals surface area contributed by atoms with Gasteiger partial charge >= 0.3 is 5.97 Å². The van der Waals surface area contributed by atoms with E-state index in [0.717, 1.165) is 23.7 Å². The summed E-state index contributed by atoms with van der Waals surface area (Å²) >= 11 is 3.59. The van der Waals surface area contributed by atoms with Gasteiger partial charge in [-0.15, -0.1) is 0 Å². The number of unbranched alkanes of at least 4 members (excludes halogenated alkanes) is 1. The Morgan fingerprint density at radius 2 is 1.94 bits per heavy atom. The molecule has 0 aromatic heterocycles. The van der Waals surface area contributed by atoms with Gasteiger partial charge in [-0.05, 0) is 41.7 Å². The highest BCUT2D eigenvalue weighted by Gasteiger charge is 2.02. The molecule has 0 amide bonds. The van der Waals surface area contributed by atoms with Crippen molar-refractivity contribution < 1.29 is 9.90 Å². The lowest BCUT2D eigenvalue weighted by Crippen LogP contribution is -1.95. The third kappa shape index (κ3) is 3.33. The predicted octanol–water partition coefficient (Wildman–Crippen LogP) is 4.40. The standard InChI is InChI=1S/C15H15BrO2/c16-14-10-11(5-1-4-8-15(17)18)9-12-6-2-3-7-13(12)14/h2-3,6-7,9-10H,1,4-5,8H2,(H,17,18). The summed E-state index contributed by atoms with van der Waals surface area (Å²) in [6.45, 7) is 0. The first-order valence-electron chi connectivity index (χ1n) is 6.06. The highest BCUT2D eigenvalue weighted by molar-refractivity contribution is 9.10. The van der Waals surface area contributed by atoms with Gasteiger partial charge in [-0.3, -0.25) is 4.79 Å². The Morgan fingerprint density at radius 3 is 2.72 bits per heavy atom. The van der Waals surface area contributed by atoms with E-state index in [2.05, 4.69) is 40.2 Å². The molecule has 0 bridgehead atoms. The van der Waals surface area contributed by atoms with Crippen LogP contribution in [0.2, 0.25) is 0 Å². The number of carboxylic acid groups (broad SMARTS) is 1. The molecule has 0 aliphatic heterocycles. The fraction of sp³-hybridized carbons (Fsp3) is 0.267. The molecule has 1 N–H and O–H groups in total. The lowest BCUT2D eigenvalue weighted by atomic mass is 10.0. The molecule has 0 fully saturated rings. The van der Waals surface area contributed by atoms with Gasteiger partial charge in [0.2, 0.25) is 0 Å². The predicted molar refractivity (Wildman–Crippen MR) is 76.8 cm³/mol. The Hall–Kier alpha value is -1.35. The Morgan fingerprint density at radius 1 is 1.17 bits per heavy atom. The molecule has 0 radical (unpaired) electrons. The summed E-state index contributed by atoms with van der Waals surface area (Å²) in [5.74, 6) is -0.713. The van der Waals surface area contributed by atoms with Crippen LogP contribution >= 0.6 is 15.9 Å². The molecule has 94 valence electrons. The Labute approximate surface area is 115 Å². The normalized spacial score (nSPS) is 10.7. The summed E-state index contributed by atoms with van der Waals surface area (Å²) in [7, 11) is 0. The molecule has 3 heteroatoms. The monoisotopic (exact) mass is 306 g/mol. The van der Waals surface area contributed by atoms with Crippen molar-refractivity contribution in [3.05, 3.63) is 46.4 Å². The maximum Gasteiger partial charge on any atom is 0.303 e. The molecule has 0 atom stereocenters. The fourth-order valence-electron chi connectivity index (χ4n) is 2.07. The van der Waals surface area contributed by atoms with Crippen molar-refractivity contribution in [1.29, 1.82) is 0 Å². The average Bonchev–Trinajstić information content (AvgIpc) is 2.35. The van der Waals surface area contributed by atoms with Crippen LogP contribution in [0.25, 0.3) is 10.8 Å². The number of hydrogen-bond donors (Lipinski definition) is 1. The van der Waals surface area contributed by atoms with Crippen molar-refractivity contribution in [1.82, 2.24) is 0 Å². The van der Waals surface area contributed by atoms with Crippen molar-refractivity contribution in [2.24, 2.45) is 0 Å². The van der Waals surface area contributed by atoms with Crippen LogP contribution in [0.15, 0.2) is 40.9 Å². The molecule has 0 aliphatic rings. The summed E-state index contributed by atoms with van der Waals surface area (Å²) in [5.41, 5.74) is 1.26. The van der Waals surface area contributed by atoms with Crippen LogP contribution in [0.5, 0.6) is 0 Å². The molecule has 0 unspecified atom stereocenters. The van der Waals surface area contributed by atoms with Crippen molar-refractivity contribution in [3.63, 3.8) is 0 Å². The first-order valence-corrected chi connectivity index (χ1v) is 6.85. The van der Waals surface area contributed by atoms with Crippen molar-refractivity contribution in [2.45, 2.75) is 25.7 Å². The van der Waals surface area contributed by atoms with Gasteiger partial charge in [0.25, 0.3) is 0 Å². The molecule has 2 rings (SSSR count). The maximum atomic E-state index is 10.4. The van der Waals surface area contributed by atoms with Gasteiger partial charge in [0.05, 0.1) is 0 Å². The fourth-order valence-corrected chi connectivity index (χ4v) is 2.73. The third-order valence-electron chi connectivity index (χ3n) is 2.98. The minimum absolute atomic E-state index is 0.259. The molecule has 0 saturated carbocycles. The molecule has 0 heterocycles. The molecule has 18 heavy (non-hydrogen) atoms. The van der Waals surface area contributed by atoms with Crippen LogP contribution in [0.4, 0.5) is 0 Å². The van der Waals surface area contributed by atoms with Crippen LogP contribution in [0, 0.1) is 0 Å². The molecule has 2 nitrogen and oxygen atoms in total. The van der Waals surface area contributed by atoms with E-state index in [1.165, 1.54) is 16.3 Å². The maximum absolute atomic E-state index is 10.4. The van der Waals surface area contributed by atoms with E-state index in [0.29, 0.717) is 0 Å². The molecule has 0 aliphatic carbocycles. The van der Waals surface area contributed by atoms with E-state index in [1.54, 1.807) is 0 Å². The van der Waals surface area contributed by atoms with Crippen molar-refractivity contribution in [3.8, 4) is 0 Å². The zero-order chi connectivity index (χ0) is 13.0. The number of fused-ring (bicyclic) bond motifs is 1. The summed E-state index contributed by atoms with van der Waals surface area (Å²) in [6.07, 6.45) is 2.84. The van der Waals surface area contributed by atoms with Crippen molar-refractivity contribution in [2.75, 3.05) is 0 Å². The van der Waals surface area contributed by atoms with Gasteiger partial charge in [0.1, 0.15) is 0 Å². The van der Waals surface area contributed by atoms with Gasteiger partial charge in [0.15, 0.2) is 0 Å². The van der Waals surface area contributed by atoms with E-state index < -0.39 is 5.97 Å². The van der Waals surface area contributed by atoms with E-state index in [1.807, 2.05) is 12.1 Å². The second-order valence-electron chi connectivity index (χ2n) is 4.40. The molecule has 2 aromatic carbocycles. The summed E-state index contributed by atoms with van der Waals surface area (Å²) in [5, 5.41) is 11.0. The van der Waals surface area contributed by atoms with Gasteiger partial charge < -0.3 is 5.11 Å². The van der Waals surface area contributed by atoms with Crippen LogP contribution in [-0.4, -0.2) is 11.1 Å². The molecular weight excluding hydrogens is 292 g/mol. The number of carboxylic acids is 1. The van der Waals surface area contributed by atoms with Crippen molar-refractivity contribution >= 4 is 32.7 Å². The number of aliphatic carboxylic acids is 1. The summed E-state index contributed by atoms with van der Waals surface area (Å²) < 4.78 is 1.11. The van der Waals surface area contributed by atoms with Crippen LogP contribution in [-0.2, 0) is 11.2 Å². The Kier molecular flexibility index (Phi) is 4.37. The van der Waals surface area contributed by atoms with Gasteiger partial charge in [-0.1, -0.05) is 46.3 Å². The lowest BCUT2D eigenvalue weighted by Gasteiger charge is -2.06. The Bertz CT molecular complexity index is 563. The molecule has 0 spiro atoms. The zero-order valence-electron chi connectivity index (χ0n) is 10.0. The smallest absolute Gasteiger partial charge is 0.303 e. The first-order chi connectivity index (χ1) is 8.66. The average molecular weight is 307 g/mol. The van der Waals surface area contributed by atoms with E-state index >= 15 is 0 Å². The topological polar surface area (TPSA) is 37.3 Å². The molecular formula is C15H15BrO2. The van der Waals surface area contributed by atoms with Gasteiger partial charge in [-0.25, -0.2) is 0 Å². The highest BCUT2D eigenvalue weighted by Crippen LogP contribution is 2.26. The van der Waals surface area contributed by atoms with Crippen LogP contribution in [0.3, 0.4) is 0 Å². The lowest BCUT2D eigenvalue weighted by molar-refractivity contribution is -0.137.